The van der Waals surface area contributed by atoms with Crippen molar-refractivity contribution in [3.63, 3.8) is 0 Å². The van der Waals surface area contributed by atoms with E-state index in [0.29, 0.717) is 17.2 Å². The Morgan fingerprint density at radius 2 is 2.17 bits per heavy atom. The number of hydrogen-bond donors (Lipinski definition) is 1. The highest BCUT2D eigenvalue weighted by Gasteiger charge is 2.17. The Morgan fingerprint density at radius 3 is 2.58 bits per heavy atom. The first-order valence-corrected chi connectivity index (χ1v) is 5.45. The molecule has 0 saturated heterocycles. The van der Waals surface area contributed by atoms with Crippen molar-refractivity contribution < 1.29 is 0 Å². The van der Waals surface area contributed by atoms with Crippen LogP contribution in [0, 0.1) is 5.92 Å². The maximum Gasteiger partial charge on any atom is 0.157 e. The van der Waals surface area contributed by atoms with E-state index in [1.54, 1.807) is 0 Å². The van der Waals surface area contributed by atoms with E-state index in [-0.39, 0.29) is 0 Å². The number of aliphatic imine (C=N–C) groups is 1. The van der Waals surface area contributed by atoms with Gasteiger partial charge in [-0.3, -0.25) is 4.99 Å². The molecule has 2 unspecified atom stereocenters. The molecule has 0 amide bonds. The lowest BCUT2D eigenvalue weighted by Gasteiger charge is -2.18. The van der Waals surface area contributed by atoms with Crippen LogP contribution in [0.2, 0.25) is 0 Å². The summed E-state index contributed by atoms with van der Waals surface area (Å²) in [5.74, 6) is 0.671. The van der Waals surface area contributed by atoms with E-state index in [2.05, 4.69) is 38.0 Å². The number of nitrogens with zero attached hydrogens (tertiary/aromatic N) is 1. The summed E-state index contributed by atoms with van der Waals surface area (Å²) in [7, 11) is 0. The minimum atomic E-state index is 0.529. The number of thioether (sulfide) groups is 1. The first kappa shape index (κ1) is 9.90. The van der Waals surface area contributed by atoms with E-state index in [4.69, 9.17) is 0 Å². The maximum absolute atomic E-state index is 4.41. The quantitative estimate of drug-likeness (QED) is 0.714. The molecular weight excluding hydrogens is 168 g/mol. The lowest BCUT2D eigenvalue weighted by Crippen LogP contribution is -2.33. The van der Waals surface area contributed by atoms with E-state index in [0.717, 1.165) is 11.7 Å². The molecule has 1 heterocycles. The smallest absolute Gasteiger partial charge is 0.157 e. The monoisotopic (exact) mass is 186 g/mol. The van der Waals surface area contributed by atoms with Crippen LogP contribution in [0.3, 0.4) is 0 Å². The molecule has 1 aliphatic rings. The first-order chi connectivity index (χ1) is 5.59. The van der Waals surface area contributed by atoms with Crippen molar-refractivity contribution in [2.45, 2.75) is 39.0 Å². The Morgan fingerprint density at radius 1 is 1.50 bits per heavy atom. The number of nitrogens with one attached hydrogen (secondary N) is 1. The van der Waals surface area contributed by atoms with Crippen LogP contribution in [0.25, 0.3) is 0 Å². The van der Waals surface area contributed by atoms with Crippen LogP contribution in [0.4, 0.5) is 0 Å². The van der Waals surface area contributed by atoms with Gasteiger partial charge in [-0.1, -0.05) is 32.5 Å². The summed E-state index contributed by atoms with van der Waals surface area (Å²) >= 11 is 1.85. The van der Waals surface area contributed by atoms with Crippen molar-refractivity contribution in [1.29, 1.82) is 0 Å². The second-order valence-corrected chi connectivity index (χ2v) is 5.18. The molecule has 0 bridgehead atoms. The second-order valence-electron chi connectivity index (χ2n) is 3.75. The SMILES string of the molecule is CC1CN=C(NC(C)C(C)C)S1. The Kier molecular flexibility index (Phi) is 3.44. The standard InChI is InChI=1S/C9H18N2S/c1-6(2)8(4)11-9-10-5-7(3)12-9/h6-8H,5H2,1-4H3,(H,10,11). The lowest BCUT2D eigenvalue weighted by atomic mass is 10.1. The first-order valence-electron chi connectivity index (χ1n) is 4.57. The minimum Gasteiger partial charge on any atom is -0.362 e. The molecule has 12 heavy (non-hydrogen) atoms. The average Bonchev–Trinajstić information content (AvgIpc) is 2.35. The molecule has 0 aliphatic carbocycles. The molecule has 1 aliphatic heterocycles. The Labute approximate surface area is 79.2 Å². The summed E-state index contributed by atoms with van der Waals surface area (Å²) in [4.78, 5) is 4.41. The zero-order valence-corrected chi connectivity index (χ0v) is 9.11. The van der Waals surface area contributed by atoms with Crippen LogP contribution in [0.5, 0.6) is 0 Å². The Hall–Kier alpha value is -0.180. The van der Waals surface area contributed by atoms with Crippen molar-refractivity contribution in [1.82, 2.24) is 5.32 Å². The van der Waals surface area contributed by atoms with E-state index < -0.39 is 0 Å². The zero-order chi connectivity index (χ0) is 9.14. The number of amidine groups is 1. The van der Waals surface area contributed by atoms with E-state index in [1.165, 1.54) is 0 Å². The molecule has 0 radical (unpaired) electrons. The highest BCUT2D eigenvalue weighted by atomic mass is 32.2. The van der Waals surface area contributed by atoms with Gasteiger partial charge in [0.25, 0.3) is 0 Å². The number of hydrogen-bond acceptors (Lipinski definition) is 3. The van der Waals surface area contributed by atoms with Gasteiger partial charge in [0.1, 0.15) is 0 Å². The van der Waals surface area contributed by atoms with Crippen LogP contribution < -0.4 is 5.32 Å². The van der Waals surface area contributed by atoms with Gasteiger partial charge in [-0.2, -0.15) is 0 Å². The molecule has 70 valence electrons. The van der Waals surface area contributed by atoms with Crippen LogP contribution in [0.15, 0.2) is 4.99 Å². The van der Waals surface area contributed by atoms with Gasteiger partial charge in [0.2, 0.25) is 0 Å². The third-order valence-corrected chi connectivity index (χ3v) is 3.18. The minimum absolute atomic E-state index is 0.529. The molecule has 0 saturated carbocycles. The number of rotatable bonds is 2. The van der Waals surface area contributed by atoms with Crippen molar-refractivity contribution in [3.8, 4) is 0 Å². The summed E-state index contributed by atoms with van der Waals surface area (Å²) < 4.78 is 0. The molecule has 1 rings (SSSR count). The fraction of sp³-hybridized carbons (Fsp3) is 0.889. The van der Waals surface area contributed by atoms with Gasteiger partial charge >= 0.3 is 0 Å². The molecule has 0 fully saturated rings. The molecule has 0 aromatic rings. The summed E-state index contributed by atoms with van der Waals surface area (Å²) in [6.45, 7) is 9.83. The average molecular weight is 186 g/mol. The van der Waals surface area contributed by atoms with Crippen molar-refractivity contribution in [3.05, 3.63) is 0 Å². The van der Waals surface area contributed by atoms with Gasteiger partial charge in [-0.15, -0.1) is 0 Å². The fourth-order valence-electron chi connectivity index (χ4n) is 0.918. The molecule has 3 heteroatoms. The Balaban J connectivity index is 2.32. The highest BCUT2D eigenvalue weighted by Crippen LogP contribution is 2.19. The molecule has 0 aromatic carbocycles. The van der Waals surface area contributed by atoms with Gasteiger partial charge < -0.3 is 5.32 Å². The third-order valence-electron chi connectivity index (χ3n) is 2.16. The van der Waals surface area contributed by atoms with E-state index in [1.807, 2.05) is 11.8 Å². The van der Waals surface area contributed by atoms with Crippen LogP contribution in [-0.4, -0.2) is 23.0 Å². The van der Waals surface area contributed by atoms with Gasteiger partial charge in [0.05, 0.1) is 6.54 Å². The molecular formula is C9H18N2S. The third kappa shape index (κ3) is 2.70. The van der Waals surface area contributed by atoms with Gasteiger partial charge in [0.15, 0.2) is 5.17 Å². The zero-order valence-electron chi connectivity index (χ0n) is 8.29. The van der Waals surface area contributed by atoms with E-state index in [9.17, 15) is 0 Å². The molecule has 2 atom stereocenters. The predicted octanol–water partition coefficient (Wildman–Crippen LogP) is 2.11. The highest BCUT2D eigenvalue weighted by molar-refractivity contribution is 8.14. The normalized spacial score (nSPS) is 25.8. The van der Waals surface area contributed by atoms with Crippen LogP contribution >= 0.6 is 11.8 Å². The maximum atomic E-state index is 4.41. The largest absolute Gasteiger partial charge is 0.362 e. The van der Waals surface area contributed by atoms with Crippen molar-refractivity contribution in [2.75, 3.05) is 6.54 Å². The molecule has 2 nitrogen and oxygen atoms in total. The van der Waals surface area contributed by atoms with Crippen LogP contribution in [0.1, 0.15) is 27.7 Å². The summed E-state index contributed by atoms with van der Waals surface area (Å²) in [6, 6.07) is 0.529. The molecule has 0 aromatic heterocycles. The Bertz CT molecular complexity index is 177. The topological polar surface area (TPSA) is 24.4 Å². The van der Waals surface area contributed by atoms with Crippen LogP contribution in [-0.2, 0) is 0 Å². The molecule has 0 spiro atoms. The second kappa shape index (κ2) is 4.17. The molecule has 1 N–H and O–H groups in total. The lowest BCUT2D eigenvalue weighted by molar-refractivity contribution is 0.489. The van der Waals surface area contributed by atoms with E-state index >= 15 is 0 Å². The summed E-state index contributed by atoms with van der Waals surface area (Å²) in [6.07, 6.45) is 0. The van der Waals surface area contributed by atoms with Gasteiger partial charge in [0, 0.05) is 11.3 Å². The fourth-order valence-corrected chi connectivity index (χ4v) is 1.85. The van der Waals surface area contributed by atoms with Gasteiger partial charge in [-0.25, -0.2) is 0 Å². The van der Waals surface area contributed by atoms with Crippen molar-refractivity contribution >= 4 is 16.9 Å². The van der Waals surface area contributed by atoms with Crippen molar-refractivity contribution in [2.24, 2.45) is 10.9 Å². The summed E-state index contributed by atoms with van der Waals surface area (Å²) in [5, 5.41) is 5.21. The predicted molar refractivity (Wildman–Crippen MR) is 56.8 cm³/mol. The summed E-state index contributed by atoms with van der Waals surface area (Å²) in [5.41, 5.74) is 0. The van der Waals surface area contributed by atoms with Gasteiger partial charge in [-0.05, 0) is 12.8 Å².